The zero-order valence-electron chi connectivity index (χ0n) is 13.1. The number of thiophene rings is 1. The molecule has 5 heteroatoms. The van der Waals surface area contributed by atoms with Gasteiger partial charge in [0.05, 0.1) is 5.39 Å². The van der Waals surface area contributed by atoms with Crippen LogP contribution >= 0.6 is 11.3 Å². The maximum absolute atomic E-state index is 4.76. The molecule has 1 saturated carbocycles. The van der Waals surface area contributed by atoms with Crippen LogP contribution in [0.2, 0.25) is 0 Å². The summed E-state index contributed by atoms with van der Waals surface area (Å²) in [5.41, 5.74) is 0. The van der Waals surface area contributed by atoms with Crippen molar-refractivity contribution in [3.8, 4) is 0 Å². The third-order valence-corrected chi connectivity index (χ3v) is 5.40. The summed E-state index contributed by atoms with van der Waals surface area (Å²) in [6, 6.07) is 2.27. The Balaban J connectivity index is 1.97. The summed E-state index contributed by atoms with van der Waals surface area (Å²) in [4.78, 5) is 14.2. The zero-order chi connectivity index (χ0) is 14.8. The minimum Gasteiger partial charge on any atom is -0.359 e. The lowest BCUT2D eigenvalue weighted by atomic mass is 9.85. The highest BCUT2D eigenvalue weighted by molar-refractivity contribution is 7.18. The molecular formula is C16H24N4S. The SMILES string of the molecule is CCNc1nc(N(C)CC2CCC2)c2cc(CC)sc2n1. The maximum atomic E-state index is 4.76. The average molecular weight is 304 g/mol. The van der Waals surface area contributed by atoms with Crippen molar-refractivity contribution < 1.29 is 0 Å². The van der Waals surface area contributed by atoms with E-state index in [1.807, 2.05) is 0 Å². The molecular weight excluding hydrogens is 280 g/mol. The first-order valence-electron chi connectivity index (χ1n) is 7.96. The summed E-state index contributed by atoms with van der Waals surface area (Å²) < 4.78 is 0. The molecule has 0 spiro atoms. The molecule has 0 aliphatic heterocycles. The van der Waals surface area contributed by atoms with E-state index in [0.29, 0.717) is 0 Å². The molecule has 21 heavy (non-hydrogen) atoms. The number of hydrogen-bond acceptors (Lipinski definition) is 5. The van der Waals surface area contributed by atoms with Gasteiger partial charge in [-0.15, -0.1) is 11.3 Å². The fourth-order valence-electron chi connectivity index (χ4n) is 2.81. The largest absolute Gasteiger partial charge is 0.359 e. The van der Waals surface area contributed by atoms with Gasteiger partial charge in [-0.1, -0.05) is 13.3 Å². The Morgan fingerprint density at radius 3 is 2.76 bits per heavy atom. The molecule has 2 aromatic rings. The fraction of sp³-hybridized carbons (Fsp3) is 0.625. The molecule has 1 aliphatic carbocycles. The zero-order valence-corrected chi connectivity index (χ0v) is 14.0. The molecule has 4 nitrogen and oxygen atoms in total. The Bertz CT molecular complexity index is 618. The molecule has 114 valence electrons. The van der Waals surface area contributed by atoms with Crippen LogP contribution in [0.4, 0.5) is 11.8 Å². The van der Waals surface area contributed by atoms with Crippen molar-refractivity contribution in [1.82, 2.24) is 9.97 Å². The smallest absolute Gasteiger partial charge is 0.226 e. The van der Waals surface area contributed by atoms with Gasteiger partial charge in [0.25, 0.3) is 0 Å². The molecule has 0 amide bonds. The lowest BCUT2D eigenvalue weighted by Gasteiger charge is -2.31. The Morgan fingerprint density at radius 2 is 2.14 bits per heavy atom. The quantitative estimate of drug-likeness (QED) is 0.878. The molecule has 0 radical (unpaired) electrons. The lowest BCUT2D eigenvalue weighted by Crippen LogP contribution is -2.30. The molecule has 2 heterocycles. The Morgan fingerprint density at radius 1 is 1.33 bits per heavy atom. The number of nitrogens with one attached hydrogen (secondary N) is 1. The van der Waals surface area contributed by atoms with Crippen molar-refractivity contribution in [2.24, 2.45) is 5.92 Å². The van der Waals surface area contributed by atoms with Crippen molar-refractivity contribution in [3.63, 3.8) is 0 Å². The molecule has 1 aliphatic rings. The van der Waals surface area contributed by atoms with Crippen LogP contribution in [0.1, 0.15) is 38.0 Å². The van der Waals surface area contributed by atoms with Gasteiger partial charge in [-0.25, -0.2) is 4.98 Å². The van der Waals surface area contributed by atoms with Crippen LogP contribution in [-0.4, -0.2) is 30.1 Å². The van der Waals surface area contributed by atoms with Crippen LogP contribution in [0.5, 0.6) is 0 Å². The van der Waals surface area contributed by atoms with E-state index in [0.717, 1.165) is 42.0 Å². The second kappa shape index (κ2) is 6.18. The summed E-state index contributed by atoms with van der Waals surface area (Å²) >= 11 is 1.79. The van der Waals surface area contributed by atoms with Crippen LogP contribution < -0.4 is 10.2 Å². The maximum Gasteiger partial charge on any atom is 0.226 e. The molecule has 2 aromatic heterocycles. The van der Waals surface area contributed by atoms with Crippen molar-refractivity contribution in [2.75, 3.05) is 30.4 Å². The van der Waals surface area contributed by atoms with E-state index in [1.165, 1.54) is 29.5 Å². The van der Waals surface area contributed by atoms with Gasteiger partial charge in [0.15, 0.2) is 0 Å². The first kappa shape index (κ1) is 14.6. The molecule has 3 rings (SSSR count). The Labute approximate surface area is 130 Å². The summed E-state index contributed by atoms with van der Waals surface area (Å²) in [7, 11) is 2.17. The molecule has 0 bridgehead atoms. The molecule has 0 saturated heterocycles. The fourth-order valence-corrected chi connectivity index (χ4v) is 3.77. The van der Waals surface area contributed by atoms with Crippen molar-refractivity contribution in [1.29, 1.82) is 0 Å². The van der Waals surface area contributed by atoms with Crippen LogP contribution in [0.25, 0.3) is 10.2 Å². The average Bonchev–Trinajstić information content (AvgIpc) is 2.85. The summed E-state index contributed by atoms with van der Waals surface area (Å²) in [6.45, 7) is 6.23. The Kier molecular flexibility index (Phi) is 4.29. The van der Waals surface area contributed by atoms with E-state index in [4.69, 9.17) is 4.98 Å². The minimum absolute atomic E-state index is 0.755. The third kappa shape index (κ3) is 2.98. The standard InChI is InChI=1S/C16H24N4S/c1-4-12-9-13-14(20(3)10-11-7-6-8-11)18-16(17-5-2)19-15(13)21-12/h9,11H,4-8,10H2,1-3H3,(H,17,18,19). The summed E-state index contributed by atoms with van der Waals surface area (Å²) in [5.74, 6) is 2.68. The number of anilines is 2. The van der Waals surface area contributed by atoms with Crippen LogP contribution in [0, 0.1) is 5.92 Å². The molecule has 1 fully saturated rings. The van der Waals surface area contributed by atoms with Gasteiger partial charge in [-0.3, -0.25) is 0 Å². The van der Waals surface area contributed by atoms with E-state index in [1.54, 1.807) is 11.3 Å². The predicted molar refractivity (Wildman–Crippen MR) is 91.6 cm³/mol. The number of hydrogen-bond donors (Lipinski definition) is 1. The molecule has 0 atom stereocenters. The van der Waals surface area contributed by atoms with E-state index in [9.17, 15) is 0 Å². The number of aryl methyl sites for hydroxylation is 1. The van der Waals surface area contributed by atoms with Crippen molar-refractivity contribution in [2.45, 2.75) is 39.5 Å². The van der Waals surface area contributed by atoms with Gasteiger partial charge in [-0.05, 0) is 38.2 Å². The van der Waals surface area contributed by atoms with Gasteiger partial charge in [0.1, 0.15) is 10.6 Å². The summed E-state index contributed by atoms with van der Waals surface area (Å²) in [6.07, 6.45) is 5.17. The van der Waals surface area contributed by atoms with E-state index in [2.05, 4.69) is 42.2 Å². The van der Waals surface area contributed by atoms with Gasteiger partial charge in [0, 0.05) is 25.0 Å². The van der Waals surface area contributed by atoms with Crippen LogP contribution in [0.15, 0.2) is 6.07 Å². The third-order valence-electron chi connectivity index (χ3n) is 4.23. The highest BCUT2D eigenvalue weighted by Gasteiger charge is 2.21. The second-order valence-corrected chi connectivity index (χ2v) is 6.98. The number of fused-ring (bicyclic) bond motifs is 1. The summed E-state index contributed by atoms with van der Waals surface area (Å²) in [5, 5.41) is 4.47. The molecule has 1 N–H and O–H groups in total. The number of nitrogens with zero attached hydrogens (tertiary/aromatic N) is 3. The van der Waals surface area contributed by atoms with Crippen molar-refractivity contribution >= 4 is 33.3 Å². The normalized spacial score (nSPS) is 15.2. The minimum atomic E-state index is 0.755. The van der Waals surface area contributed by atoms with Gasteiger partial charge < -0.3 is 10.2 Å². The first-order chi connectivity index (χ1) is 10.2. The molecule has 0 aromatic carbocycles. The topological polar surface area (TPSA) is 41.1 Å². The molecule has 0 unspecified atom stereocenters. The van der Waals surface area contributed by atoms with Gasteiger partial charge >= 0.3 is 0 Å². The Hall–Kier alpha value is -1.36. The number of rotatable bonds is 6. The van der Waals surface area contributed by atoms with Crippen LogP contribution in [-0.2, 0) is 6.42 Å². The first-order valence-corrected chi connectivity index (χ1v) is 8.78. The van der Waals surface area contributed by atoms with Gasteiger partial charge in [-0.2, -0.15) is 4.98 Å². The van der Waals surface area contributed by atoms with Crippen molar-refractivity contribution in [3.05, 3.63) is 10.9 Å². The highest BCUT2D eigenvalue weighted by Crippen LogP contribution is 2.34. The second-order valence-electron chi connectivity index (χ2n) is 5.86. The highest BCUT2D eigenvalue weighted by atomic mass is 32.1. The van der Waals surface area contributed by atoms with E-state index < -0.39 is 0 Å². The number of aromatic nitrogens is 2. The monoisotopic (exact) mass is 304 g/mol. The van der Waals surface area contributed by atoms with E-state index in [-0.39, 0.29) is 0 Å². The van der Waals surface area contributed by atoms with Gasteiger partial charge in [0.2, 0.25) is 5.95 Å². The lowest BCUT2D eigenvalue weighted by molar-refractivity contribution is 0.321. The predicted octanol–water partition coefficient (Wildman–Crippen LogP) is 3.92. The van der Waals surface area contributed by atoms with E-state index >= 15 is 0 Å². The van der Waals surface area contributed by atoms with Crippen LogP contribution in [0.3, 0.4) is 0 Å².